The van der Waals surface area contributed by atoms with Gasteiger partial charge in [0.15, 0.2) is 11.5 Å². The van der Waals surface area contributed by atoms with Crippen molar-refractivity contribution >= 4 is 22.6 Å². The zero-order valence-corrected chi connectivity index (χ0v) is 19.0. The molecule has 0 saturated carbocycles. The Balaban J connectivity index is 1.44. The largest absolute Gasteiger partial charge is 0.441 e. The number of hydrogen-bond donors (Lipinski definition) is 0. The first-order valence-corrected chi connectivity index (χ1v) is 11.5. The lowest BCUT2D eigenvalue weighted by atomic mass is 9.89. The quantitative estimate of drug-likeness (QED) is 0.726. The number of likely N-dealkylation sites (N-methyl/N-ethyl adjacent to an activating group) is 1. The van der Waals surface area contributed by atoms with Crippen molar-refractivity contribution in [1.82, 2.24) is 19.7 Å². The molecule has 4 heterocycles. The van der Waals surface area contributed by atoms with E-state index in [9.17, 15) is 4.79 Å². The van der Waals surface area contributed by atoms with Crippen LogP contribution in [0.2, 0.25) is 0 Å². The number of piperazine rings is 1. The number of oxazole rings is 1. The van der Waals surface area contributed by atoms with Gasteiger partial charge in [-0.3, -0.25) is 9.69 Å². The maximum atomic E-state index is 13.4. The molecule has 1 unspecified atom stereocenters. The fraction of sp³-hybridized carbons (Fsp3) is 0.385. The van der Waals surface area contributed by atoms with Crippen LogP contribution in [-0.4, -0.2) is 58.3 Å². The number of fused-ring (bicyclic) bond motifs is 2. The zero-order valence-electron chi connectivity index (χ0n) is 19.0. The molecule has 0 radical (unpaired) electrons. The number of hydrogen-bond acceptors (Lipinski definition) is 5. The molecule has 2 aromatic rings. The van der Waals surface area contributed by atoms with E-state index in [4.69, 9.17) is 4.42 Å². The number of aryl methyl sites for hydroxylation is 1. The minimum absolute atomic E-state index is 0.0132. The Bertz CT molecular complexity index is 1160. The molecule has 1 amide bonds. The molecule has 1 atom stereocenters. The van der Waals surface area contributed by atoms with Crippen LogP contribution in [0.1, 0.15) is 31.7 Å². The zero-order chi connectivity index (χ0) is 22.2. The molecule has 0 spiro atoms. The molecular formula is C26H30N4O2. The highest BCUT2D eigenvalue weighted by atomic mass is 16.3. The summed E-state index contributed by atoms with van der Waals surface area (Å²) in [6.45, 7) is 11.4. The molecule has 1 saturated heterocycles. The number of allylic oxidation sites excluding steroid dienone is 4. The van der Waals surface area contributed by atoms with Crippen molar-refractivity contribution in [3.05, 3.63) is 71.6 Å². The number of aromatic nitrogens is 1. The summed E-state index contributed by atoms with van der Waals surface area (Å²) < 4.78 is 5.73. The molecule has 1 aromatic heterocycles. The molecule has 3 aliphatic rings. The summed E-state index contributed by atoms with van der Waals surface area (Å²) in [4.78, 5) is 24.4. The normalized spacial score (nSPS) is 22.3. The van der Waals surface area contributed by atoms with Crippen molar-refractivity contribution in [2.45, 2.75) is 27.2 Å². The van der Waals surface area contributed by atoms with Gasteiger partial charge in [-0.05, 0) is 54.3 Å². The molecule has 6 heteroatoms. The first kappa shape index (κ1) is 20.8. The van der Waals surface area contributed by atoms with E-state index in [1.54, 1.807) is 11.0 Å². The minimum atomic E-state index is -0.0132. The Kier molecular flexibility index (Phi) is 5.47. The van der Waals surface area contributed by atoms with Gasteiger partial charge in [0.25, 0.3) is 5.91 Å². The molecule has 5 rings (SSSR count). The van der Waals surface area contributed by atoms with Crippen molar-refractivity contribution in [3.8, 4) is 0 Å². The van der Waals surface area contributed by atoms with Crippen molar-refractivity contribution in [3.63, 3.8) is 0 Å². The number of nitrogens with zero attached hydrogens (tertiary/aromatic N) is 4. The third kappa shape index (κ3) is 3.91. The van der Waals surface area contributed by atoms with Crippen LogP contribution in [0.15, 0.2) is 64.5 Å². The number of rotatable bonds is 3. The minimum Gasteiger partial charge on any atom is -0.441 e. The van der Waals surface area contributed by atoms with Gasteiger partial charge in [-0.25, -0.2) is 4.98 Å². The van der Waals surface area contributed by atoms with E-state index >= 15 is 0 Å². The Labute approximate surface area is 189 Å². The Morgan fingerprint density at radius 2 is 1.91 bits per heavy atom. The predicted molar refractivity (Wildman–Crippen MR) is 126 cm³/mol. The van der Waals surface area contributed by atoms with Crippen LogP contribution in [0, 0.1) is 12.8 Å². The SMILES string of the molecule is CCN1CCN(C2=CN3C(=O)C=C(c4ccc5nc(C)oc5c4)C(C)CC=C3C=C2)CC1. The predicted octanol–water partition coefficient (Wildman–Crippen LogP) is 4.32. The smallest absolute Gasteiger partial charge is 0.255 e. The Morgan fingerprint density at radius 1 is 1.12 bits per heavy atom. The number of amides is 1. The van der Waals surface area contributed by atoms with Gasteiger partial charge in [-0.1, -0.05) is 26.0 Å². The van der Waals surface area contributed by atoms with Crippen LogP contribution in [0.3, 0.4) is 0 Å². The summed E-state index contributed by atoms with van der Waals surface area (Å²) in [6, 6.07) is 6.01. The van der Waals surface area contributed by atoms with Crippen molar-refractivity contribution in [2.24, 2.45) is 5.92 Å². The Morgan fingerprint density at radius 3 is 2.69 bits per heavy atom. The van der Waals surface area contributed by atoms with E-state index < -0.39 is 0 Å². The van der Waals surface area contributed by atoms with Crippen LogP contribution < -0.4 is 0 Å². The molecule has 0 N–H and O–H groups in total. The molecular weight excluding hydrogens is 400 g/mol. The van der Waals surface area contributed by atoms with Crippen LogP contribution in [-0.2, 0) is 4.79 Å². The molecule has 1 aromatic carbocycles. The van der Waals surface area contributed by atoms with Crippen LogP contribution >= 0.6 is 0 Å². The number of benzene rings is 1. The molecule has 166 valence electrons. The second-order valence-electron chi connectivity index (χ2n) is 8.80. The highest BCUT2D eigenvalue weighted by molar-refractivity contribution is 5.98. The monoisotopic (exact) mass is 430 g/mol. The standard InChI is InChI=1S/C26H30N4O2/c1-4-28-11-13-29(14-12-28)22-9-8-21-7-5-18(2)23(16-26(31)30(21)17-22)20-6-10-24-25(15-20)32-19(3)27-24/h6-10,15-18H,4-5,11-14H2,1-3H3. The van der Waals surface area contributed by atoms with E-state index in [2.05, 4.69) is 46.9 Å². The fourth-order valence-electron chi connectivity index (χ4n) is 4.72. The van der Waals surface area contributed by atoms with E-state index in [0.29, 0.717) is 5.89 Å². The number of carbonyl (C=O) groups is 1. The first-order chi connectivity index (χ1) is 15.5. The van der Waals surface area contributed by atoms with Crippen LogP contribution in [0.5, 0.6) is 0 Å². The highest BCUT2D eigenvalue weighted by Gasteiger charge is 2.25. The number of carbonyl (C=O) groups excluding carboxylic acids is 1. The van der Waals surface area contributed by atoms with Gasteiger partial charge < -0.3 is 14.2 Å². The maximum Gasteiger partial charge on any atom is 0.255 e. The summed E-state index contributed by atoms with van der Waals surface area (Å²) >= 11 is 0. The molecule has 3 aliphatic heterocycles. The van der Waals surface area contributed by atoms with Gasteiger partial charge in [0.05, 0.1) is 5.70 Å². The summed E-state index contributed by atoms with van der Waals surface area (Å²) in [6.07, 6.45) is 11.1. The average Bonchev–Trinajstić information content (AvgIpc) is 3.19. The summed E-state index contributed by atoms with van der Waals surface area (Å²) in [7, 11) is 0. The first-order valence-electron chi connectivity index (χ1n) is 11.5. The summed E-state index contributed by atoms with van der Waals surface area (Å²) in [5, 5.41) is 0. The third-order valence-corrected chi connectivity index (χ3v) is 6.71. The average molecular weight is 431 g/mol. The van der Waals surface area contributed by atoms with Crippen molar-refractivity contribution in [1.29, 1.82) is 0 Å². The van der Waals surface area contributed by atoms with Crippen molar-refractivity contribution in [2.75, 3.05) is 32.7 Å². The lowest BCUT2D eigenvalue weighted by Gasteiger charge is -2.38. The van der Waals surface area contributed by atoms with E-state index in [-0.39, 0.29) is 11.8 Å². The van der Waals surface area contributed by atoms with Crippen molar-refractivity contribution < 1.29 is 9.21 Å². The third-order valence-electron chi connectivity index (χ3n) is 6.71. The lowest BCUT2D eigenvalue weighted by molar-refractivity contribution is -0.122. The maximum absolute atomic E-state index is 13.4. The molecule has 0 bridgehead atoms. The van der Waals surface area contributed by atoms with Crippen LogP contribution in [0.4, 0.5) is 0 Å². The molecule has 32 heavy (non-hydrogen) atoms. The second kappa shape index (κ2) is 8.43. The summed E-state index contributed by atoms with van der Waals surface area (Å²) in [5.41, 5.74) is 5.70. The summed E-state index contributed by atoms with van der Waals surface area (Å²) in [5.74, 6) is 0.856. The van der Waals surface area contributed by atoms with Gasteiger partial charge in [0.1, 0.15) is 5.52 Å². The second-order valence-corrected chi connectivity index (χ2v) is 8.80. The fourth-order valence-corrected chi connectivity index (χ4v) is 4.72. The van der Waals surface area contributed by atoms with Gasteiger partial charge in [0, 0.05) is 51.1 Å². The van der Waals surface area contributed by atoms with E-state index in [1.807, 2.05) is 31.3 Å². The lowest BCUT2D eigenvalue weighted by Crippen LogP contribution is -2.46. The molecule has 1 fully saturated rings. The highest BCUT2D eigenvalue weighted by Crippen LogP contribution is 2.33. The van der Waals surface area contributed by atoms with Crippen LogP contribution in [0.25, 0.3) is 16.7 Å². The van der Waals surface area contributed by atoms with Gasteiger partial charge in [0.2, 0.25) is 0 Å². The molecule has 6 nitrogen and oxygen atoms in total. The van der Waals surface area contributed by atoms with Gasteiger partial charge in [-0.15, -0.1) is 0 Å². The van der Waals surface area contributed by atoms with Gasteiger partial charge in [-0.2, -0.15) is 0 Å². The molecule has 0 aliphatic carbocycles. The van der Waals surface area contributed by atoms with E-state index in [0.717, 1.165) is 72.8 Å². The van der Waals surface area contributed by atoms with E-state index in [1.165, 1.54) is 0 Å². The van der Waals surface area contributed by atoms with Gasteiger partial charge >= 0.3 is 0 Å². The Hall–Kier alpha value is -3.12. The topological polar surface area (TPSA) is 52.8 Å².